The van der Waals surface area contributed by atoms with Gasteiger partial charge in [0.05, 0.1) is 10.9 Å². The zero-order valence-electron chi connectivity index (χ0n) is 17.0. The van der Waals surface area contributed by atoms with Gasteiger partial charge in [-0.2, -0.15) is 0 Å². The quantitative estimate of drug-likeness (QED) is 0.503. The van der Waals surface area contributed by atoms with Crippen molar-refractivity contribution in [2.45, 2.75) is 26.8 Å². The molecule has 4 aromatic rings. The van der Waals surface area contributed by atoms with E-state index < -0.39 is 0 Å². The molecule has 0 saturated carbocycles. The van der Waals surface area contributed by atoms with E-state index in [4.69, 9.17) is 5.41 Å². The molecular weight excluding hydrogens is 378 g/mol. The van der Waals surface area contributed by atoms with Crippen LogP contribution in [0.25, 0.3) is 16.7 Å². The monoisotopic (exact) mass is 401 g/mol. The molecule has 0 aliphatic heterocycles. The molecule has 0 spiro atoms. The topological polar surface area (TPSA) is 92.2 Å². The minimum atomic E-state index is -0.369. The fourth-order valence-electron chi connectivity index (χ4n) is 3.58. The highest BCUT2D eigenvalue weighted by molar-refractivity contribution is 5.96. The Bertz CT molecular complexity index is 1370. The van der Waals surface area contributed by atoms with Crippen LogP contribution in [0, 0.1) is 12.3 Å². The smallest absolute Gasteiger partial charge is 0.267 e. The van der Waals surface area contributed by atoms with Crippen molar-refractivity contribution in [2.75, 3.05) is 6.54 Å². The van der Waals surface area contributed by atoms with Crippen LogP contribution >= 0.6 is 0 Å². The summed E-state index contributed by atoms with van der Waals surface area (Å²) in [4.78, 5) is 30.5. The highest BCUT2D eigenvalue weighted by Gasteiger charge is 2.17. The summed E-state index contributed by atoms with van der Waals surface area (Å²) in [7, 11) is 0. The van der Waals surface area contributed by atoms with Crippen molar-refractivity contribution in [2.24, 2.45) is 0 Å². The van der Waals surface area contributed by atoms with Crippen LogP contribution < -0.4 is 16.4 Å². The van der Waals surface area contributed by atoms with E-state index >= 15 is 0 Å². The maximum atomic E-state index is 13.2. The molecule has 7 heteroatoms. The first-order valence-electron chi connectivity index (χ1n) is 9.93. The molecule has 152 valence electrons. The van der Waals surface area contributed by atoms with Crippen LogP contribution in [0.3, 0.4) is 0 Å². The second kappa shape index (κ2) is 7.94. The standard InChI is InChI=1S/C23H23N5O2/c1-3-25-22(29)17-13-18-21(26-19-10-9-15(2)14-28(19)23(18)30)27(20(17)24)12-11-16-7-5-4-6-8-16/h4-10,13-14,24H,3,11-12H2,1-2H3,(H,25,29). The Morgan fingerprint density at radius 3 is 2.67 bits per heavy atom. The maximum Gasteiger partial charge on any atom is 0.267 e. The minimum Gasteiger partial charge on any atom is -0.352 e. The van der Waals surface area contributed by atoms with E-state index in [2.05, 4.69) is 10.3 Å². The number of fused-ring (bicyclic) bond motifs is 2. The highest BCUT2D eigenvalue weighted by Crippen LogP contribution is 2.12. The van der Waals surface area contributed by atoms with Gasteiger partial charge in [0.1, 0.15) is 16.8 Å². The number of nitrogens with zero attached hydrogens (tertiary/aromatic N) is 3. The molecule has 0 atom stereocenters. The van der Waals surface area contributed by atoms with Crippen LogP contribution in [-0.2, 0) is 13.0 Å². The zero-order chi connectivity index (χ0) is 21.3. The molecule has 1 aromatic carbocycles. The van der Waals surface area contributed by atoms with Gasteiger partial charge in [0.15, 0.2) is 0 Å². The van der Waals surface area contributed by atoms with Gasteiger partial charge in [0, 0.05) is 19.3 Å². The fraction of sp³-hybridized carbons (Fsp3) is 0.217. The Kier molecular flexibility index (Phi) is 5.18. The average Bonchev–Trinajstić information content (AvgIpc) is 2.74. The number of aromatic nitrogens is 3. The molecule has 0 saturated heterocycles. The molecule has 4 rings (SSSR count). The fourth-order valence-corrected chi connectivity index (χ4v) is 3.58. The molecular formula is C23H23N5O2. The number of pyridine rings is 2. The molecule has 0 radical (unpaired) electrons. The summed E-state index contributed by atoms with van der Waals surface area (Å²) in [5.74, 6) is -0.369. The normalized spacial score (nSPS) is 11.1. The molecule has 1 amide bonds. The summed E-state index contributed by atoms with van der Waals surface area (Å²) < 4.78 is 3.15. The summed E-state index contributed by atoms with van der Waals surface area (Å²) in [6.45, 7) is 4.59. The van der Waals surface area contributed by atoms with Crippen LogP contribution in [0.4, 0.5) is 0 Å². The lowest BCUT2D eigenvalue weighted by atomic mass is 10.1. The van der Waals surface area contributed by atoms with Crippen molar-refractivity contribution >= 4 is 22.6 Å². The lowest BCUT2D eigenvalue weighted by Crippen LogP contribution is -2.35. The second-order valence-corrected chi connectivity index (χ2v) is 7.24. The summed E-state index contributed by atoms with van der Waals surface area (Å²) in [6.07, 6.45) is 2.39. The van der Waals surface area contributed by atoms with E-state index in [1.807, 2.05) is 50.2 Å². The number of carbonyl (C=O) groups excluding carboxylic acids is 1. The molecule has 0 bridgehead atoms. The van der Waals surface area contributed by atoms with E-state index in [1.165, 1.54) is 10.5 Å². The van der Waals surface area contributed by atoms with Gasteiger partial charge in [-0.15, -0.1) is 0 Å². The Morgan fingerprint density at radius 1 is 1.17 bits per heavy atom. The first-order chi connectivity index (χ1) is 14.5. The van der Waals surface area contributed by atoms with E-state index in [0.29, 0.717) is 36.2 Å². The largest absolute Gasteiger partial charge is 0.352 e. The molecule has 0 fully saturated rings. The third-order valence-electron chi connectivity index (χ3n) is 5.10. The van der Waals surface area contributed by atoms with Crippen molar-refractivity contribution < 1.29 is 4.79 Å². The third kappa shape index (κ3) is 3.50. The molecule has 2 N–H and O–H groups in total. The lowest BCUT2D eigenvalue weighted by molar-refractivity contribution is 0.0953. The van der Waals surface area contributed by atoms with Gasteiger partial charge in [-0.3, -0.25) is 19.4 Å². The van der Waals surface area contributed by atoms with E-state index in [1.54, 1.807) is 16.8 Å². The summed E-state index contributed by atoms with van der Waals surface area (Å²) in [5.41, 5.74) is 2.93. The Balaban J connectivity index is 1.98. The van der Waals surface area contributed by atoms with Crippen LogP contribution in [0.1, 0.15) is 28.4 Å². The Morgan fingerprint density at radius 2 is 1.93 bits per heavy atom. The lowest BCUT2D eigenvalue weighted by Gasteiger charge is -2.15. The minimum absolute atomic E-state index is 0.0488. The number of nitrogens with one attached hydrogen (secondary N) is 2. The van der Waals surface area contributed by atoms with Gasteiger partial charge in [-0.1, -0.05) is 36.4 Å². The van der Waals surface area contributed by atoms with Crippen molar-refractivity contribution in [1.82, 2.24) is 19.3 Å². The third-order valence-corrected chi connectivity index (χ3v) is 5.10. The number of amides is 1. The molecule has 0 unspecified atom stereocenters. The molecule has 0 aliphatic rings. The number of hydrogen-bond donors (Lipinski definition) is 2. The molecule has 7 nitrogen and oxygen atoms in total. The number of aryl methyl sites for hydroxylation is 3. The highest BCUT2D eigenvalue weighted by atomic mass is 16.1. The van der Waals surface area contributed by atoms with Crippen molar-refractivity contribution in [1.29, 1.82) is 5.41 Å². The van der Waals surface area contributed by atoms with Gasteiger partial charge in [0.25, 0.3) is 11.5 Å². The average molecular weight is 401 g/mol. The molecule has 30 heavy (non-hydrogen) atoms. The van der Waals surface area contributed by atoms with Crippen molar-refractivity contribution in [3.63, 3.8) is 0 Å². The Hall–Kier alpha value is -3.74. The van der Waals surface area contributed by atoms with Gasteiger partial charge < -0.3 is 9.88 Å². The zero-order valence-corrected chi connectivity index (χ0v) is 17.0. The summed E-state index contributed by atoms with van der Waals surface area (Å²) >= 11 is 0. The number of carbonyl (C=O) groups is 1. The summed E-state index contributed by atoms with van der Waals surface area (Å²) in [6, 6.07) is 15.1. The predicted octanol–water partition coefficient (Wildman–Crippen LogP) is 2.43. The number of benzene rings is 1. The van der Waals surface area contributed by atoms with E-state index in [-0.39, 0.29) is 22.5 Å². The van der Waals surface area contributed by atoms with E-state index in [9.17, 15) is 9.59 Å². The van der Waals surface area contributed by atoms with Crippen LogP contribution in [0.5, 0.6) is 0 Å². The number of hydrogen-bond acceptors (Lipinski definition) is 4. The summed E-state index contributed by atoms with van der Waals surface area (Å²) in [5, 5.41) is 11.7. The SMILES string of the molecule is CCNC(=O)c1cc2c(=O)n3cc(C)ccc3nc2n(CCc2ccccc2)c1=N. The Labute approximate surface area is 173 Å². The first-order valence-corrected chi connectivity index (χ1v) is 9.93. The molecule has 3 heterocycles. The molecule has 0 aliphatic carbocycles. The predicted molar refractivity (Wildman–Crippen MR) is 116 cm³/mol. The van der Waals surface area contributed by atoms with Gasteiger partial charge in [0.2, 0.25) is 0 Å². The van der Waals surface area contributed by atoms with E-state index in [0.717, 1.165) is 11.1 Å². The van der Waals surface area contributed by atoms with Gasteiger partial charge >= 0.3 is 0 Å². The van der Waals surface area contributed by atoms with Crippen molar-refractivity contribution in [3.8, 4) is 0 Å². The maximum absolute atomic E-state index is 13.2. The molecule has 3 aromatic heterocycles. The van der Waals surface area contributed by atoms with Crippen LogP contribution in [0.15, 0.2) is 59.5 Å². The first kappa shape index (κ1) is 19.6. The van der Waals surface area contributed by atoms with Crippen LogP contribution in [-0.4, -0.2) is 26.4 Å². The number of rotatable bonds is 5. The van der Waals surface area contributed by atoms with Crippen LogP contribution in [0.2, 0.25) is 0 Å². The van der Waals surface area contributed by atoms with Crippen molar-refractivity contribution in [3.05, 3.63) is 87.3 Å². The van der Waals surface area contributed by atoms with Gasteiger partial charge in [-0.05, 0) is 43.5 Å². The van der Waals surface area contributed by atoms with Gasteiger partial charge in [-0.25, -0.2) is 4.98 Å². The second-order valence-electron chi connectivity index (χ2n) is 7.24.